The van der Waals surface area contributed by atoms with Gasteiger partial charge in [0.2, 0.25) is 0 Å². The number of aryl methyl sites for hydroxylation is 1. The second-order valence-electron chi connectivity index (χ2n) is 5.23. The van der Waals surface area contributed by atoms with Crippen LogP contribution >= 0.6 is 23.2 Å². The van der Waals surface area contributed by atoms with Crippen molar-refractivity contribution in [2.75, 3.05) is 0 Å². The third-order valence-electron chi connectivity index (χ3n) is 3.69. The SMILES string of the molecule is Cc1ccccc1Cn1c(C(C)Cl)nc2cc(Cl)ccc21. The van der Waals surface area contributed by atoms with Gasteiger partial charge in [-0.15, -0.1) is 11.6 Å². The second kappa shape index (κ2) is 5.70. The standard InChI is InChI=1S/C17H16Cl2N2/c1-11-5-3-4-6-13(11)10-21-16-8-7-14(19)9-15(16)20-17(21)12(2)18/h3-9,12H,10H2,1-2H3. The van der Waals surface area contributed by atoms with Crippen LogP contribution in [0.3, 0.4) is 0 Å². The van der Waals surface area contributed by atoms with Crippen LogP contribution in [0.15, 0.2) is 42.5 Å². The van der Waals surface area contributed by atoms with Crippen LogP contribution in [0.25, 0.3) is 11.0 Å². The number of benzene rings is 2. The van der Waals surface area contributed by atoms with Gasteiger partial charge < -0.3 is 4.57 Å². The summed E-state index contributed by atoms with van der Waals surface area (Å²) < 4.78 is 2.17. The molecular formula is C17H16Cl2N2. The third-order valence-corrected chi connectivity index (χ3v) is 4.12. The quantitative estimate of drug-likeness (QED) is 0.595. The van der Waals surface area contributed by atoms with Crippen LogP contribution < -0.4 is 0 Å². The highest BCUT2D eigenvalue weighted by Crippen LogP contribution is 2.27. The van der Waals surface area contributed by atoms with E-state index in [0.717, 1.165) is 23.4 Å². The van der Waals surface area contributed by atoms with E-state index in [4.69, 9.17) is 23.2 Å². The summed E-state index contributed by atoms with van der Waals surface area (Å²) in [7, 11) is 0. The fourth-order valence-electron chi connectivity index (χ4n) is 2.55. The third kappa shape index (κ3) is 2.78. The Labute approximate surface area is 134 Å². The Balaban J connectivity index is 2.16. The fraction of sp³-hybridized carbons (Fsp3) is 0.235. The zero-order valence-electron chi connectivity index (χ0n) is 12.0. The van der Waals surface area contributed by atoms with Gasteiger partial charge >= 0.3 is 0 Å². The van der Waals surface area contributed by atoms with Crippen LogP contribution in [0, 0.1) is 6.92 Å². The average molecular weight is 319 g/mol. The molecule has 3 rings (SSSR count). The molecule has 21 heavy (non-hydrogen) atoms. The maximum atomic E-state index is 6.31. The number of imidazole rings is 1. The number of hydrogen-bond donors (Lipinski definition) is 0. The molecule has 0 saturated carbocycles. The van der Waals surface area contributed by atoms with Crippen molar-refractivity contribution in [1.29, 1.82) is 0 Å². The Morgan fingerprint density at radius 2 is 1.95 bits per heavy atom. The second-order valence-corrected chi connectivity index (χ2v) is 6.32. The molecule has 0 bridgehead atoms. The molecule has 0 aliphatic carbocycles. The Morgan fingerprint density at radius 3 is 2.67 bits per heavy atom. The summed E-state index contributed by atoms with van der Waals surface area (Å²) in [4.78, 5) is 4.65. The minimum Gasteiger partial charge on any atom is -0.322 e. The molecule has 0 radical (unpaired) electrons. The monoisotopic (exact) mass is 318 g/mol. The van der Waals surface area contributed by atoms with Gasteiger partial charge in [0.25, 0.3) is 0 Å². The molecule has 108 valence electrons. The summed E-state index contributed by atoms with van der Waals surface area (Å²) in [5, 5.41) is 0.539. The average Bonchev–Trinajstić information content (AvgIpc) is 2.79. The molecule has 1 heterocycles. The summed E-state index contributed by atoms with van der Waals surface area (Å²) in [5.41, 5.74) is 4.48. The molecule has 0 amide bonds. The highest BCUT2D eigenvalue weighted by molar-refractivity contribution is 6.31. The van der Waals surface area contributed by atoms with Crippen molar-refractivity contribution >= 4 is 34.2 Å². The van der Waals surface area contributed by atoms with E-state index >= 15 is 0 Å². The normalized spacial score (nSPS) is 12.8. The van der Waals surface area contributed by atoms with Crippen molar-refractivity contribution in [2.45, 2.75) is 25.8 Å². The number of fused-ring (bicyclic) bond motifs is 1. The largest absolute Gasteiger partial charge is 0.322 e. The van der Waals surface area contributed by atoms with Crippen LogP contribution in [-0.2, 0) is 6.54 Å². The summed E-state index contributed by atoms with van der Waals surface area (Å²) in [6.45, 7) is 4.82. The van der Waals surface area contributed by atoms with Crippen molar-refractivity contribution in [2.24, 2.45) is 0 Å². The van der Waals surface area contributed by atoms with Crippen LogP contribution in [0.5, 0.6) is 0 Å². The van der Waals surface area contributed by atoms with Crippen LogP contribution in [-0.4, -0.2) is 9.55 Å². The lowest BCUT2D eigenvalue weighted by molar-refractivity contribution is 0.739. The molecule has 0 saturated heterocycles. The first-order chi connectivity index (χ1) is 10.1. The van der Waals surface area contributed by atoms with E-state index in [0.29, 0.717) is 5.02 Å². The van der Waals surface area contributed by atoms with Gasteiger partial charge in [-0.25, -0.2) is 4.98 Å². The lowest BCUT2D eigenvalue weighted by atomic mass is 10.1. The first-order valence-corrected chi connectivity index (χ1v) is 7.72. The highest BCUT2D eigenvalue weighted by atomic mass is 35.5. The molecule has 3 aromatic rings. The van der Waals surface area contributed by atoms with E-state index in [1.165, 1.54) is 11.1 Å². The first kappa shape index (κ1) is 14.4. The zero-order chi connectivity index (χ0) is 15.0. The summed E-state index contributed by atoms with van der Waals surface area (Å²) in [5.74, 6) is 0.872. The molecule has 2 nitrogen and oxygen atoms in total. The Bertz CT molecular complexity index is 791. The van der Waals surface area contributed by atoms with Crippen LogP contribution in [0.1, 0.15) is 29.3 Å². The van der Waals surface area contributed by atoms with Crippen molar-refractivity contribution in [3.05, 3.63) is 64.4 Å². The molecule has 0 spiro atoms. The van der Waals surface area contributed by atoms with Gasteiger partial charge in [-0.05, 0) is 43.2 Å². The van der Waals surface area contributed by atoms with Crippen molar-refractivity contribution in [1.82, 2.24) is 9.55 Å². The fourth-order valence-corrected chi connectivity index (χ4v) is 2.88. The van der Waals surface area contributed by atoms with E-state index in [9.17, 15) is 0 Å². The summed E-state index contributed by atoms with van der Waals surface area (Å²) >= 11 is 12.4. The maximum absolute atomic E-state index is 6.31. The van der Waals surface area contributed by atoms with Gasteiger partial charge in [0.15, 0.2) is 0 Å². The Morgan fingerprint density at radius 1 is 1.19 bits per heavy atom. The Hall–Kier alpha value is -1.51. The van der Waals surface area contributed by atoms with Crippen molar-refractivity contribution < 1.29 is 0 Å². The number of alkyl halides is 1. The number of nitrogens with zero attached hydrogens (tertiary/aromatic N) is 2. The molecule has 1 atom stereocenters. The summed E-state index contributed by atoms with van der Waals surface area (Å²) in [6.07, 6.45) is 0. The van der Waals surface area contributed by atoms with E-state index in [1.807, 2.05) is 25.1 Å². The molecule has 4 heteroatoms. The van der Waals surface area contributed by atoms with E-state index in [2.05, 4.69) is 40.7 Å². The van der Waals surface area contributed by atoms with Crippen molar-refractivity contribution in [3.63, 3.8) is 0 Å². The van der Waals surface area contributed by atoms with Gasteiger partial charge in [0, 0.05) is 11.6 Å². The van der Waals surface area contributed by atoms with Gasteiger partial charge in [0.05, 0.1) is 16.4 Å². The molecular weight excluding hydrogens is 303 g/mol. The van der Waals surface area contributed by atoms with Crippen LogP contribution in [0.2, 0.25) is 5.02 Å². The van der Waals surface area contributed by atoms with Crippen molar-refractivity contribution in [3.8, 4) is 0 Å². The minimum atomic E-state index is -0.153. The topological polar surface area (TPSA) is 17.8 Å². The number of halogens is 2. The lowest BCUT2D eigenvalue weighted by Crippen LogP contribution is -2.06. The molecule has 1 aromatic heterocycles. The predicted octanol–water partition coefficient (Wildman–Crippen LogP) is 5.35. The van der Waals surface area contributed by atoms with E-state index < -0.39 is 0 Å². The van der Waals surface area contributed by atoms with E-state index in [-0.39, 0.29) is 5.38 Å². The highest BCUT2D eigenvalue weighted by Gasteiger charge is 2.15. The van der Waals surface area contributed by atoms with E-state index in [1.54, 1.807) is 0 Å². The molecule has 0 aliphatic rings. The Kier molecular flexibility index (Phi) is 3.92. The molecule has 2 aromatic carbocycles. The summed E-state index contributed by atoms with van der Waals surface area (Å²) in [6, 6.07) is 14.1. The van der Waals surface area contributed by atoms with Gasteiger partial charge in [-0.2, -0.15) is 0 Å². The van der Waals surface area contributed by atoms with Gasteiger partial charge in [0.1, 0.15) is 5.82 Å². The first-order valence-electron chi connectivity index (χ1n) is 6.90. The lowest BCUT2D eigenvalue weighted by Gasteiger charge is -2.12. The number of hydrogen-bond acceptors (Lipinski definition) is 1. The number of rotatable bonds is 3. The maximum Gasteiger partial charge on any atom is 0.128 e. The predicted molar refractivity (Wildman–Crippen MR) is 89.3 cm³/mol. The molecule has 0 aliphatic heterocycles. The smallest absolute Gasteiger partial charge is 0.128 e. The molecule has 0 fully saturated rings. The minimum absolute atomic E-state index is 0.153. The molecule has 0 N–H and O–H groups in total. The number of aromatic nitrogens is 2. The zero-order valence-corrected chi connectivity index (χ0v) is 13.5. The van der Waals surface area contributed by atoms with Crippen LogP contribution in [0.4, 0.5) is 0 Å². The van der Waals surface area contributed by atoms with Gasteiger partial charge in [-0.1, -0.05) is 35.9 Å². The molecule has 1 unspecified atom stereocenters. The van der Waals surface area contributed by atoms with Gasteiger partial charge in [-0.3, -0.25) is 0 Å².